The standard InChI is InChI=1S/C14H18ClN3O3/c1-9-3-2-6-17(13(9)8-16)14(19)11-5-4-10(15)7-12(11)18(20)21/h4-5,7,9,13H,2-3,6,8,16H2,1H3. The van der Waals surface area contributed by atoms with E-state index in [1.54, 1.807) is 4.90 Å². The van der Waals surface area contributed by atoms with Crippen molar-refractivity contribution in [2.24, 2.45) is 11.7 Å². The first-order chi connectivity index (χ1) is 9.95. The third-order valence-electron chi connectivity index (χ3n) is 4.00. The zero-order valence-electron chi connectivity index (χ0n) is 11.8. The number of hydrogen-bond donors (Lipinski definition) is 1. The lowest BCUT2D eigenvalue weighted by molar-refractivity contribution is -0.385. The van der Waals surface area contributed by atoms with E-state index >= 15 is 0 Å². The number of nitro groups is 1. The minimum absolute atomic E-state index is 0.0666. The van der Waals surface area contributed by atoms with Crippen LogP contribution in [-0.4, -0.2) is 34.9 Å². The van der Waals surface area contributed by atoms with Crippen LogP contribution >= 0.6 is 11.6 Å². The molecule has 1 heterocycles. The number of carbonyl (C=O) groups excluding carboxylic acids is 1. The number of halogens is 1. The van der Waals surface area contributed by atoms with E-state index in [4.69, 9.17) is 17.3 Å². The van der Waals surface area contributed by atoms with Gasteiger partial charge in [-0.25, -0.2) is 0 Å². The maximum atomic E-state index is 12.7. The van der Waals surface area contributed by atoms with Crippen molar-refractivity contribution in [1.82, 2.24) is 4.90 Å². The Bertz CT molecular complexity index is 564. The number of benzene rings is 1. The van der Waals surface area contributed by atoms with E-state index < -0.39 is 4.92 Å². The second-order valence-electron chi connectivity index (χ2n) is 5.34. The molecule has 2 unspecified atom stereocenters. The summed E-state index contributed by atoms with van der Waals surface area (Å²) < 4.78 is 0. The normalized spacial score (nSPS) is 22.1. The van der Waals surface area contributed by atoms with Gasteiger partial charge in [0.05, 0.1) is 4.92 Å². The molecule has 1 saturated heterocycles. The molecule has 1 aliphatic rings. The van der Waals surface area contributed by atoms with Gasteiger partial charge >= 0.3 is 0 Å². The van der Waals surface area contributed by atoms with Crippen LogP contribution in [0.15, 0.2) is 18.2 Å². The molecule has 0 aromatic heterocycles. The van der Waals surface area contributed by atoms with Crippen LogP contribution in [0.3, 0.4) is 0 Å². The molecule has 7 heteroatoms. The zero-order valence-corrected chi connectivity index (χ0v) is 12.5. The highest BCUT2D eigenvalue weighted by atomic mass is 35.5. The summed E-state index contributed by atoms with van der Waals surface area (Å²) >= 11 is 5.78. The highest BCUT2D eigenvalue weighted by molar-refractivity contribution is 6.31. The lowest BCUT2D eigenvalue weighted by atomic mass is 9.90. The van der Waals surface area contributed by atoms with E-state index in [0.717, 1.165) is 12.8 Å². The number of nitrogens with two attached hydrogens (primary N) is 1. The number of nitrogens with zero attached hydrogens (tertiary/aromatic N) is 2. The third kappa shape index (κ3) is 3.16. The van der Waals surface area contributed by atoms with E-state index in [-0.39, 0.29) is 28.2 Å². The predicted molar refractivity (Wildman–Crippen MR) is 80.4 cm³/mol. The van der Waals surface area contributed by atoms with Crippen LogP contribution in [0.1, 0.15) is 30.1 Å². The van der Waals surface area contributed by atoms with Crippen molar-refractivity contribution in [3.8, 4) is 0 Å². The van der Waals surface area contributed by atoms with Crippen molar-refractivity contribution in [2.45, 2.75) is 25.8 Å². The van der Waals surface area contributed by atoms with E-state index in [1.807, 2.05) is 6.92 Å². The SMILES string of the molecule is CC1CCCN(C(=O)c2ccc(Cl)cc2[N+](=O)[O-])C1CN. The van der Waals surface area contributed by atoms with Crippen LogP contribution in [0.5, 0.6) is 0 Å². The Morgan fingerprint density at radius 2 is 2.29 bits per heavy atom. The minimum Gasteiger partial charge on any atom is -0.334 e. The Morgan fingerprint density at radius 3 is 2.90 bits per heavy atom. The van der Waals surface area contributed by atoms with Gasteiger partial charge in [0, 0.05) is 30.2 Å². The smallest absolute Gasteiger partial charge is 0.283 e. The largest absolute Gasteiger partial charge is 0.334 e. The lowest BCUT2D eigenvalue weighted by Crippen LogP contribution is -2.51. The number of carbonyl (C=O) groups is 1. The zero-order chi connectivity index (χ0) is 15.6. The number of piperidine rings is 1. The Balaban J connectivity index is 2.37. The Morgan fingerprint density at radius 1 is 1.57 bits per heavy atom. The molecular weight excluding hydrogens is 294 g/mol. The molecule has 2 atom stereocenters. The van der Waals surface area contributed by atoms with Crippen LogP contribution in [0.4, 0.5) is 5.69 Å². The van der Waals surface area contributed by atoms with Crippen molar-refractivity contribution < 1.29 is 9.72 Å². The van der Waals surface area contributed by atoms with E-state index in [0.29, 0.717) is 19.0 Å². The number of nitro benzene ring substituents is 1. The van der Waals surface area contributed by atoms with Gasteiger partial charge < -0.3 is 10.6 Å². The maximum absolute atomic E-state index is 12.7. The fourth-order valence-corrected chi connectivity index (χ4v) is 3.02. The van der Waals surface area contributed by atoms with E-state index in [1.165, 1.54) is 18.2 Å². The van der Waals surface area contributed by atoms with Gasteiger partial charge in [0.15, 0.2) is 0 Å². The molecule has 21 heavy (non-hydrogen) atoms. The summed E-state index contributed by atoms with van der Waals surface area (Å²) in [5, 5.41) is 11.4. The van der Waals surface area contributed by atoms with Gasteiger partial charge in [-0.2, -0.15) is 0 Å². The van der Waals surface area contributed by atoms with Gasteiger partial charge in [-0.05, 0) is 30.9 Å². The molecule has 2 N–H and O–H groups in total. The second-order valence-corrected chi connectivity index (χ2v) is 5.78. The summed E-state index contributed by atoms with van der Waals surface area (Å²) in [6.07, 6.45) is 1.89. The van der Waals surface area contributed by atoms with Gasteiger partial charge in [-0.1, -0.05) is 18.5 Å². The molecule has 2 rings (SSSR count). The fourth-order valence-electron chi connectivity index (χ4n) is 2.85. The monoisotopic (exact) mass is 311 g/mol. The van der Waals surface area contributed by atoms with Crippen molar-refractivity contribution in [1.29, 1.82) is 0 Å². The summed E-state index contributed by atoms with van der Waals surface area (Å²) in [4.78, 5) is 24.9. The molecule has 0 radical (unpaired) electrons. The number of rotatable bonds is 3. The van der Waals surface area contributed by atoms with Gasteiger partial charge in [0.25, 0.3) is 11.6 Å². The predicted octanol–water partition coefficient (Wildman–Crippen LogP) is 2.45. The van der Waals surface area contributed by atoms with Crippen molar-refractivity contribution in [2.75, 3.05) is 13.1 Å². The summed E-state index contributed by atoms with van der Waals surface area (Å²) in [6.45, 7) is 2.98. The Hall–Kier alpha value is -1.66. The van der Waals surface area contributed by atoms with Crippen molar-refractivity contribution >= 4 is 23.2 Å². The molecule has 0 bridgehead atoms. The van der Waals surface area contributed by atoms with E-state index in [2.05, 4.69) is 0 Å². The van der Waals surface area contributed by atoms with Gasteiger partial charge in [0.1, 0.15) is 5.56 Å². The van der Waals surface area contributed by atoms with Gasteiger partial charge in [0.2, 0.25) is 0 Å². The van der Waals surface area contributed by atoms with Crippen LogP contribution in [0, 0.1) is 16.0 Å². The Labute approximate surface area is 128 Å². The first-order valence-corrected chi connectivity index (χ1v) is 7.28. The number of amides is 1. The molecule has 1 aliphatic heterocycles. The van der Waals surface area contributed by atoms with Crippen LogP contribution < -0.4 is 5.73 Å². The summed E-state index contributed by atoms with van der Waals surface area (Å²) in [5.74, 6) is -0.0561. The molecule has 1 fully saturated rings. The van der Waals surface area contributed by atoms with Crippen molar-refractivity contribution in [3.63, 3.8) is 0 Å². The molecule has 0 aliphatic carbocycles. The lowest BCUT2D eigenvalue weighted by Gasteiger charge is -2.39. The molecule has 0 spiro atoms. The van der Waals surface area contributed by atoms with Gasteiger partial charge in [-0.3, -0.25) is 14.9 Å². The average molecular weight is 312 g/mol. The first kappa shape index (κ1) is 15.7. The molecule has 1 aromatic carbocycles. The molecule has 6 nitrogen and oxygen atoms in total. The fraction of sp³-hybridized carbons (Fsp3) is 0.500. The highest BCUT2D eigenvalue weighted by Crippen LogP contribution is 2.29. The van der Waals surface area contributed by atoms with E-state index in [9.17, 15) is 14.9 Å². The van der Waals surface area contributed by atoms with Crippen LogP contribution in [0.2, 0.25) is 5.02 Å². The molecule has 114 valence electrons. The average Bonchev–Trinajstić information content (AvgIpc) is 2.46. The van der Waals surface area contributed by atoms with Crippen LogP contribution in [0.25, 0.3) is 0 Å². The summed E-state index contributed by atoms with van der Waals surface area (Å²) in [6, 6.07) is 4.03. The summed E-state index contributed by atoms with van der Waals surface area (Å²) in [7, 11) is 0. The molecule has 1 amide bonds. The maximum Gasteiger partial charge on any atom is 0.283 e. The summed E-state index contributed by atoms with van der Waals surface area (Å²) in [5.41, 5.74) is 5.58. The molecule has 0 saturated carbocycles. The Kier molecular flexibility index (Phi) is 4.80. The second kappa shape index (κ2) is 6.41. The van der Waals surface area contributed by atoms with Crippen LogP contribution in [-0.2, 0) is 0 Å². The third-order valence-corrected chi connectivity index (χ3v) is 4.24. The highest BCUT2D eigenvalue weighted by Gasteiger charge is 2.34. The number of hydrogen-bond acceptors (Lipinski definition) is 4. The van der Waals surface area contributed by atoms with Gasteiger partial charge in [-0.15, -0.1) is 0 Å². The topological polar surface area (TPSA) is 89.5 Å². The van der Waals surface area contributed by atoms with Crippen molar-refractivity contribution in [3.05, 3.63) is 38.9 Å². The quantitative estimate of drug-likeness (QED) is 0.686. The minimum atomic E-state index is -0.579. The molecule has 1 aromatic rings. The first-order valence-electron chi connectivity index (χ1n) is 6.90. The number of likely N-dealkylation sites (tertiary alicyclic amines) is 1. The molecular formula is C14H18ClN3O3.